The fraction of sp³-hybridized carbons (Fsp3) is 0.500. The van der Waals surface area contributed by atoms with E-state index in [1.807, 2.05) is 6.20 Å². The molecule has 0 saturated carbocycles. The molecule has 0 bridgehead atoms. The molecule has 21 heavy (non-hydrogen) atoms. The summed E-state index contributed by atoms with van der Waals surface area (Å²) in [5, 5.41) is 0. The van der Waals surface area contributed by atoms with Crippen molar-refractivity contribution in [3.63, 3.8) is 0 Å². The van der Waals surface area contributed by atoms with Crippen molar-refractivity contribution in [1.82, 2.24) is 9.88 Å². The van der Waals surface area contributed by atoms with Crippen LogP contribution in [0.25, 0.3) is 0 Å². The van der Waals surface area contributed by atoms with Crippen molar-refractivity contribution in [3.05, 3.63) is 53.2 Å². The van der Waals surface area contributed by atoms with Gasteiger partial charge in [0.1, 0.15) is 5.76 Å². The fourth-order valence-corrected chi connectivity index (χ4v) is 2.23. The molecule has 0 aliphatic carbocycles. The molecule has 0 radical (unpaired) electrons. The number of rotatable bonds is 5. The van der Waals surface area contributed by atoms with Crippen LogP contribution in [0.15, 0.2) is 34.9 Å². The molecule has 3 nitrogen and oxygen atoms in total. The number of oxazole rings is 1. The Hall–Kier alpha value is -1.61. The van der Waals surface area contributed by atoms with Crippen LogP contribution in [0.4, 0.5) is 0 Å². The van der Waals surface area contributed by atoms with Gasteiger partial charge >= 0.3 is 0 Å². The molecule has 3 heteroatoms. The second kappa shape index (κ2) is 6.44. The fourth-order valence-electron chi connectivity index (χ4n) is 2.23. The highest BCUT2D eigenvalue weighted by molar-refractivity contribution is 5.25. The van der Waals surface area contributed by atoms with Crippen molar-refractivity contribution in [1.29, 1.82) is 0 Å². The lowest BCUT2D eigenvalue weighted by atomic mass is 9.94. The summed E-state index contributed by atoms with van der Waals surface area (Å²) in [5.74, 6) is 1.75. The van der Waals surface area contributed by atoms with Gasteiger partial charge in [0.15, 0.2) is 0 Å². The van der Waals surface area contributed by atoms with Crippen molar-refractivity contribution in [2.24, 2.45) is 0 Å². The molecule has 0 spiro atoms. The van der Waals surface area contributed by atoms with Crippen LogP contribution in [0.3, 0.4) is 0 Å². The molecule has 0 atom stereocenters. The van der Waals surface area contributed by atoms with E-state index in [0.29, 0.717) is 0 Å². The Kier molecular flexibility index (Phi) is 4.84. The number of hydrogen-bond donors (Lipinski definition) is 0. The average Bonchev–Trinajstić information content (AvgIpc) is 2.89. The minimum atomic E-state index is 0.0122. The SMILES string of the molecule is CCN(Cc1ncc(C(C)(C)C)o1)Cc1ccccc1C. The van der Waals surface area contributed by atoms with E-state index in [9.17, 15) is 0 Å². The molecule has 0 fully saturated rings. The Labute approximate surface area is 128 Å². The Balaban J connectivity index is 2.06. The molecule has 0 amide bonds. The maximum absolute atomic E-state index is 5.90. The van der Waals surface area contributed by atoms with Gasteiger partial charge in [0.2, 0.25) is 5.89 Å². The number of benzene rings is 1. The Morgan fingerprint density at radius 2 is 1.86 bits per heavy atom. The van der Waals surface area contributed by atoms with Gasteiger partial charge in [0.05, 0.1) is 12.7 Å². The molecule has 0 saturated heterocycles. The van der Waals surface area contributed by atoms with Gasteiger partial charge in [-0.25, -0.2) is 4.98 Å². The van der Waals surface area contributed by atoms with E-state index in [2.05, 4.69) is 68.8 Å². The van der Waals surface area contributed by atoms with Gasteiger partial charge in [0, 0.05) is 12.0 Å². The van der Waals surface area contributed by atoms with Crippen molar-refractivity contribution in [3.8, 4) is 0 Å². The van der Waals surface area contributed by atoms with Crippen LogP contribution < -0.4 is 0 Å². The normalized spacial score (nSPS) is 12.1. The largest absolute Gasteiger partial charge is 0.444 e. The summed E-state index contributed by atoms with van der Waals surface area (Å²) in [5.41, 5.74) is 2.71. The molecular weight excluding hydrogens is 260 g/mol. The topological polar surface area (TPSA) is 29.3 Å². The zero-order chi connectivity index (χ0) is 15.5. The first-order valence-electron chi connectivity index (χ1n) is 7.62. The van der Waals surface area contributed by atoms with E-state index in [-0.39, 0.29) is 5.41 Å². The molecule has 2 rings (SSSR count). The summed E-state index contributed by atoms with van der Waals surface area (Å²) in [6.07, 6.45) is 1.86. The Morgan fingerprint density at radius 1 is 1.14 bits per heavy atom. The van der Waals surface area contributed by atoms with Crippen LogP contribution in [-0.4, -0.2) is 16.4 Å². The van der Waals surface area contributed by atoms with Crippen molar-refractivity contribution in [2.45, 2.75) is 53.1 Å². The third kappa shape index (κ3) is 4.18. The van der Waals surface area contributed by atoms with E-state index in [0.717, 1.165) is 31.3 Å². The van der Waals surface area contributed by atoms with Crippen LogP contribution in [-0.2, 0) is 18.5 Å². The second-order valence-corrected chi connectivity index (χ2v) is 6.60. The van der Waals surface area contributed by atoms with Crippen LogP contribution in [0.2, 0.25) is 0 Å². The highest BCUT2D eigenvalue weighted by Gasteiger charge is 2.20. The highest BCUT2D eigenvalue weighted by atomic mass is 16.4. The summed E-state index contributed by atoms with van der Waals surface area (Å²) >= 11 is 0. The van der Waals surface area contributed by atoms with E-state index in [1.165, 1.54) is 11.1 Å². The quantitative estimate of drug-likeness (QED) is 0.820. The van der Waals surface area contributed by atoms with Crippen LogP contribution in [0, 0.1) is 6.92 Å². The van der Waals surface area contributed by atoms with Gasteiger partial charge in [-0.05, 0) is 24.6 Å². The van der Waals surface area contributed by atoms with Gasteiger partial charge in [0.25, 0.3) is 0 Å². The van der Waals surface area contributed by atoms with E-state index < -0.39 is 0 Å². The molecule has 114 valence electrons. The first-order valence-corrected chi connectivity index (χ1v) is 7.62. The van der Waals surface area contributed by atoms with Crippen LogP contribution >= 0.6 is 0 Å². The predicted octanol–water partition coefficient (Wildman–Crippen LogP) is 4.30. The molecule has 1 aromatic carbocycles. The molecule has 0 N–H and O–H groups in total. The smallest absolute Gasteiger partial charge is 0.208 e. The minimum absolute atomic E-state index is 0.0122. The third-order valence-corrected chi connectivity index (χ3v) is 3.75. The van der Waals surface area contributed by atoms with E-state index >= 15 is 0 Å². The van der Waals surface area contributed by atoms with E-state index in [1.54, 1.807) is 0 Å². The average molecular weight is 286 g/mol. The zero-order valence-electron chi connectivity index (χ0n) is 13.8. The van der Waals surface area contributed by atoms with E-state index in [4.69, 9.17) is 4.42 Å². The maximum atomic E-state index is 5.90. The summed E-state index contributed by atoms with van der Waals surface area (Å²) < 4.78 is 5.90. The van der Waals surface area contributed by atoms with Crippen LogP contribution in [0.5, 0.6) is 0 Å². The van der Waals surface area contributed by atoms with Gasteiger partial charge in [-0.3, -0.25) is 4.90 Å². The first-order chi connectivity index (χ1) is 9.90. The summed E-state index contributed by atoms with van der Waals surface area (Å²) in [6, 6.07) is 8.53. The molecule has 1 aromatic heterocycles. The molecule has 1 heterocycles. The van der Waals surface area contributed by atoms with Crippen molar-refractivity contribution < 1.29 is 4.42 Å². The maximum Gasteiger partial charge on any atom is 0.208 e. The third-order valence-electron chi connectivity index (χ3n) is 3.75. The number of aromatic nitrogens is 1. The molecule has 0 aliphatic rings. The molecular formula is C18H26N2O. The standard InChI is InChI=1S/C18H26N2O/c1-6-20(12-15-10-8-7-9-14(15)2)13-17-19-11-16(21-17)18(3,4)5/h7-11H,6,12-13H2,1-5H3. The second-order valence-electron chi connectivity index (χ2n) is 6.60. The van der Waals surface area contributed by atoms with Crippen molar-refractivity contribution in [2.75, 3.05) is 6.54 Å². The summed E-state index contributed by atoms with van der Waals surface area (Å²) in [7, 11) is 0. The van der Waals surface area contributed by atoms with Crippen molar-refractivity contribution >= 4 is 0 Å². The Morgan fingerprint density at radius 3 is 2.43 bits per heavy atom. The number of aryl methyl sites for hydroxylation is 1. The number of nitrogens with zero attached hydrogens (tertiary/aromatic N) is 2. The first kappa shape index (κ1) is 15.8. The lowest BCUT2D eigenvalue weighted by Crippen LogP contribution is -2.23. The summed E-state index contributed by atoms with van der Waals surface area (Å²) in [4.78, 5) is 6.77. The minimum Gasteiger partial charge on any atom is -0.444 e. The lowest BCUT2D eigenvalue weighted by Gasteiger charge is -2.20. The lowest BCUT2D eigenvalue weighted by molar-refractivity contribution is 0.235. The monoisotopic (exact) mass is 286 g/mol. The highest BCUT2D eigenvalue weighted by Crippen LogP contribution is 2.23. The molecule has 2 aromatic rings. The van der Waals surface area contributed by atoms with Gasteiger partial charge in [-0.1, -0.05) is 52.0 Å². The van der Waals surface area contributed by atoms with Gasteiger partial charge < -0.3 is 4.42 Å². The zero-order valence-corrected chi connectivity index (χ0v) is 13.8. The predicted molar refractivity (Wildman–Crippen MR) is 86.2 cm³/mol. The molecule has 0 unspecified atom stereocenters. The number of hydrogen-bond acceptors (Lipinski definition) is 3. The Bertz CT molecular complexity index is 581. The van der Waals surface area contributed by atoms with Crippen LogP contribution in [0.1, 0.15) is 50.5 Å². The van der Waals surface area contributed by atoms with Gasteiger partial charge in [-0.15, -0.1) is 0 Å². The molecule has 0 aliphatic heterocycles. The summed E-state index contributed by atoms with van der Waals surface area (Å²) in [6.45, 7) is 13.4. The van der Waals surface area contributed by atoms with Gasteiger partial charge in [-0.2, -0.15) is 0 Å².